The second-order valence-electron chi connectivity index (χ2n) is 5.27. The molecule has 2 unspecified atom stereocenters. The largest absolute Gasteiger partial charge is 0.480 e. The molecule has 4 atom stereocenters. The molecule has 0 rings (SSSR count). The molecule has 0 aliphatic carbocycles. The van der Waals surface area contributed by atoms with Gasteiger partial charge in [-0.1, -0.05) is 0 Å². The summed E-state index contributed by atoms with van der Waals surface area (Å²) in [5.74, 6) is -3.52. The number of nitrogens with two attached hydrogens (primary N) is 2. The third-order valence-corrected chi connectivity index (χ3v) is 5.68. The van der Waals surface area contributed by atoms with Crippen LogP contribution in [0.15, 0.2) is 0 Å². The Morgan fingerprint density at radius 3 is 1.38 bits per heavy atom. The molecule has 0 heterocycles. The Balaban J connectivity index is 3.98. The lowest BCUT2D eigenvalue weighted by Gasteiger charge is -2.16. The van der Waals surface area contributed by atoms with Crippen LogP contribution in [0.5, 0.6) is 0 Å². The van der Waals surface area contributed by atoms with E-state index in [1.165, 1.54) is 0 Å². The van der Waals surface area contributed by atoms with Crippen LogP contribution in [0.25, 0.3) is 0 Å². The van der Waals surface area contributed by atoms with Gasteiger partial charge in [0.05, 0.1) is 0 Å². The summed E-state index contributed by atoms with van der Waals surface area (Å²) in [4.78, 5) is 44.2. The van der Waals surface area contributed by atoms with Gasteiger partial charge in [-0.15, -0.1) is 0 Å². The lowest BCUT2D eigenvalue weighted by molar-refractivity contribution is -0.146. The molecule has 0 aromatic rings. The molecule has 0 saturated heterocycles. The predicted molar refractivity (Wildman–Crippen MR) is 96.0 cm³/mol. The topological polar surface area (TPSA) is 179 Å². The van der Waals surface area contributed by atoms with Crippen LogP contribution in [-0.4, -0.2) is 57.0 Å². The number of carbonyl (C=O) groups is 4. The zero-order chi connectivity index (χ0) is 20.3. The molecule has 0 spiro atoms. The van der Waals surface area contributed by atoms with Crippen LogP contribution in [0.4, 0.5) is 0 Å². The first-order valence-corrected chi connectivity index (χ1v) is 9.98. The molecule has 0 aromatic carbocycles. The molecule has 150 valence electrons. The zero-order valence-electron chi connectivity index (χ0n) is 14.5. The second-order valence-corrected chi connectivity index (χ2v) is 8.14. The number of carboxylic acids is 2. The first kappa shape index (κ1) is 24.5. The Morgan fingerprint density at radius 2 is 1.12 bits per heavy atom. The van der Waals surface area contributed by atoms with Crippen LogP contribution < -0.4 is 11.5 Å². The third kappa shape index (κ3) is 12.0. The van der Waals surface area contributed by atoms with Gasteiger partial charge >= 0.3 is 23.9 Å². The van der Waals surface area contributed by atoms with Crippen molar-refractivity contribution < 1.29 is 38.9 Å². The van der Waals surface area contributed by atoms with E-state index in [-0.39, 0.29) is 25.7 Å². The molecule has 0 radical (unpaired) electrons. The van der Waals surface area contributed by atoms with Crippen molar-refractivity contribution in [2.45, 2.75) is 62.5 Å². The fourth-order valence-electron chi connectivity index (χ4n) is 1.48. The van der Waals surface area contributed by atoms with E-state index < -0.39 is 46.8 Å². The van der Waals surface area contributed by atoms with Crippen molar-refractivity contribution in [3.8, 4) is 0 Å². The molecule has 6 N–H and O–H groups in total. The van der Waals surface area contributed by atoms with Crippen molar-refractivity contribution >= 4 is 45.5 Å². The number of ether oxygens (including phenoxy) is 2. The van der Waals surface area contributed by atoms with E-state index in [1.54, 1.807) is 13.8 Å². The Morgan fingerprint density at radius 1 is 0.808 bits per heavy atom. The van der Waals surface area contributed by atoms with Crippen molar-refractivity contribution in [2.75, 3.05) is 0 Å². The second kappa shape index (κ2) is 12.8. The van der Waals surface area contributed by atoms with Crippen LogP contribution in [0.3, 0.4) is 0 Å². The SMILES string of the molecule is CC(OC(=O)CC[C@H](N)C(=O)O)SSC(C)OC(=O)CC[C@H](N)C(=O)O. The minimum atomic E-state index is -1.18. The van der Waals surface area contributed by atoms with Crippen LogP contribution in [0.2, 0.25) is 0 Å². The lowest BCUT2D eigenvalue weighted by Crippen LogP contribution is -2.31. The van der Waals surface area contributed by atoms with E-state index in [1.807, 2.05) is 0 Å². The van der Waals surface area contributed by atoms with E-state index in [4.69, 9.17) is 31.2 Å². The van der Waals surface area contributed by atoms with Crippen LogP contribution in [-0.2, 0) is 28.7 Å². The fourth-order valence-corrected chi connectivity index (χ4v) is 3.26. The summed E-state index contributed by atoms with van der Waals surface area (Å²) in [5.41, 5.74) is 9.50. The van der Waals surface area contributed by atoms with Gasteiger partial charge in [0.25, 0.3) is 0 Å². The van der Waals surface area contributed by atoms with E-state index >= 15 is 0 Å². The van der Waals surface area contributed by atoms with Gasteiger partial charge in [0, 0.05) is 12.8 Å². The third-order valence-electron chi connectivity index (χ3n) is 2.87. The van der Waals surface area contributed by atoms with Crippen molar-refractivity contribution in [1.82, 2.24) is 0 Å². The minimum absolute atomic E-state index is 0.0226. The van der Waals surface area contributed by atoms with E-state index in [2.05, 4.69) is 0 Å². The quantitative estimate of drug-likeness (QED) is 0.187. The van der Waals surface area contributed by atoms with Gasteiger partial charge in [-0.05, 0) is 48.3 Å². The minimum Gasteiger partial charge on any atom is -0.480 e. The summed E-state index contributed by atoms with van der Waals surface area (Å²) >= 11 is 0. The van der Waals surface area contributed by atoms with Crippen molar-refractivity contribution in [3.05, 3.63) is 0 Å². The Hall–Kier alpha value is -1.50. The maximum absolute atomic E-state index is 11.6. The summed E-state index contributed by atoms with van der Waals surface area (Å²) in [5, 5.41) is 17.3. The molecule has 0 bridgehead atoms. The average molecular weight is 412 g/mol. The monoisotopic (exact) mass is 412 g/mol. The number of carbonyl (C=O) groups excluding carboxylic acids is 2. The Kier molecular flexibility index (Phi) is 12.1. The molecule has 0 amide bonds. The summed E-state index contributed by atoms with van der Waals surface area (Å²) in [6.07, 6.45) is -0.273. The number of hydrogen-bond acceptors (Lipinski definition) is 10. The number of rotatable bonds is 13. The van der Waals surface area contributed by atoms with Crippen molar-refractivity contribution in [3.63, 3.8) is 0 Å². The van der Waals surface area contributed by atoms with E-state index in [0.29, 0.717) is 0 Å². The highest BCUT2D eigenvalue weighted by molar-refractivity contribution is 8.77. The number of carboxylic acid groups (broad SMARTS) is 2. The summed E-state index contributed by atoms with van der Waals surface area (Å²) in [6, 6.07) is -2.23. The van der Waals surface area contributed by atoms with Crippen LogP contribution in [0.1, 0.15) is 39.5 Å². The molecule has 0 aliphatic heterocycles. The maximum atomic E-state index is 11.6. The summed E-state index contributed by atoms with van der Waals surface area (Å²) in [6.45, 7) is 3.24. The Labute approximate surface area is 158 Å². The van der Waals surface area contributed by atoms with Gasteiger partial charge in [-0.3, -0.25) is 19.2 Å². The standard InChI is InChI=1S/C14H24N2O8S2/c1-7(23-11(17)5-3-9(15)13(19)20)25-26-8(2)24-12(18)6-4-10(16)14(21)22/h7-10H,3-6,15-16H2,1-2H3,(H,19,20)(H,21,22)/t7?,8?,9-,10-/m0/s1. The van der Waals surface area contributed by atoms with Gasteiger partial charge < -0.3 is 31.2 Å². The molecule has 0 aromatic heterocycles. The van der Waals surface area contributed by atoms with Gasteiger partial charge in [0.1, 0.15) is 12.1 Å². The molecule has 12 heteroatoms. The maximum Gasteiger partial charge on any atom is 0.320 e. The first-order valence-electron chi connectivity index (χ1n) is 7.70. The summed E-state index contributed by atoms with van der Waals surface area (Å²) in [7, 11) is 2.31. The predicted octanol–water partition coefficient (Wildman–Crippen LogP) is 0.530. The Bertz CT molecular complexity index is 461. The molecule has 0 saturated carbocycles. The molecule has 0 aliphatic rings. The highest BCUT2D eigenvalue weighted by Crippen LogP contribution is 2.32. The van der Waals surface area contributed by atoms with Crippen molar-refractivity contribution in [1.29, 1.82) is 0 Å². The van der Waals surface area contributed by atoms with Crippen LogP contribution >= 0.6 is 21.6 Å². The van der Waals surface area contributed by atoms with Crippen LogP contribution in [0, 0.1) is 0 Å². The van der Waals surface area contributed by atoms with E-state index in [9.17, 15) is 19.2 Å². The molecular formula is C14H24N2O8S2. The number of esters is 2. The van der Waals surface area contributed by atoms with E-state index in [0.717, 1.165) is 21.6 Å². The highest BCUT2D eigenvalue weighted by atomic mass is 33.1. The number of hydrogen-bond donors (Lipinski definition) is 4. The number of aliphatic carboxylic acids is 2. The first-order chi connectivity index (χ1) is 12.0. The summed E-state index contributed by atoms with van der Waals surface area (Å²) < 4.78 is 10.1. The molecule has 10 nitrogen and oxygen atoms in total. The fraction of sp³-hybridized carbons (Fsp3) is 0.714. The highest BCUT2D eigenvalue weighted by Gasteiger charge is 2.19. The van der Waals surface area contributed by atoms with Gasteiger partial charge in [-0.2, -0.15) is 0 Å². The van der Waals surface area contributed by atoms with Crippen molar-refractivity contribution in [2.24, 2.45) is 11.5 Å². The van der Waals surface area contributed by atoms with Gasteiger partial charge in [0.2, 0.25) is 0 Å². The molecular weight excluding hydrogens is 388 g/mol. The smallest absolute Gasteiger partial charge is 0.320 e. The molecule has 26 heavy (non-hydrogen) atoms. The lowest BCUT2D eigenvalue weighted by atomic mass is 10.2. The van der Waals surface area contributed by atoms with Gasteiger partial charge in [-0.25, -0.2) is 0 Å². The van der Waals surface area contributed by atoms with Gasteiger partial charge in [0.15, 0.2) is 10.9 Å². The normalized spacial score (nSPS) is 15.4. The zero-order valence-corrected chi connectivity index (χ0v) is 16.1. The average Bonchev–Trinajstić information content (AvgIpc) is 2.55. The molecule has 0 fully saturated rings.